The molecule has 0 fully saturated rings. The van der Waals surface area contributed by atoms with Gasteiger partial charge >= 0.3 is 5.97 Å². The first-order chi connectivity index (χ1) is 9.88. The van der Waals surface area contributed by atoms with Gasteiger partial charge in [-0.3, -0.25) is 9.48 Å². The van der Waals surface area contributed by atoms with E-state index in [4.69, 9.17) is 5.11 Å². The van der Waals surface area contributed by atoms with E-state index < -0.39 is 23.8 Å². The molecular weight excluding hydrogens is 285 g/mol. The zero-order valence-electron chi connectivity index (χ0n) is 11.1. The lowest BCUT2D eigenvalue weighted by Crippen LogP contribution is -2.10. The van der Waals surface area contributed by atoms with Crippen molar-refractivity contribution in [2.45, 2.75) is 25.8 Å². The zero-order valence-corrected chi connectivity index (χ0v) is 11.1. The molecule has 112 valence electrons. The van der Waals surface area contributed by atoms with Crippen LogP contribution in [0, 0.1) is 5.82 Å². The van der Waals surface area contributed by atoms with Gasteiger partial charge in [-0.15, -0.1) is 0 Å². The third-order valence-electron chi connectivity index (χ3n) is 3.09. The molecule has 21 heavy (non-hydrogen) atoms. The smallest absolute Gasteiger partial charge is 0.305 e. The summed E-state index contributed by atoms with van der Waals surface area (Å²) in [6.07, 6.45) is 0.0386. The summed E-state index contributed by atoms with van der Waals surface area (Å²) in [4.78, 5) is 10.6. The number of nitrogens with zero attached hydrogens (tertiary/aromatic N) is 2. The van der Waals surface area contributed by atoms with Crippen molar-refractivity contribution in [1.82, 2.24) is 9.78 Å². The molecule has 1 aromatic heterocycles. The molecule has 0 saturated heterocycles. The van der Waals surface area contributed by atoms with E-state index in [1.54, 1.807) is 13.1 Å². The first-order valence-corrected chi connectivity index (χ1v) is 6.22. The van der Waals surface area contributed by atoms with Crippen LogP contribution in [-0.4, -0.2) is 20.9 Å². The Labute approximate surface area is 118 Å². The molecule has 2 aromatic rings. The molecule has 7 heteroatoms. The van der Waals surface area contributed by atoms with Crippen LogP contribution in [0.15, 0.2) is 30.6 Å². The molecule has 0 amide bonds. The van der Waals surface area contributed by atoms with Crippen LogP contribution in [0.2, 0.25) is 0 Å². The number of rotatable bonds is 5. The van der Waals surface area contributed by atoms with Gasteiger partial charge in [0.1, 0.15) is 5.82 Å². The normalized spacial score (nSPS) is 12.6. The minimum absolute atomic E-state index is 0.0974. The summed E-state index contributed by atoms with van der Waals surface area (Å²) in [5.74, 6) is -1.93. The van der Waals surface area contributed by atoms with Gasteiger partial charge in [-0.1, -0.05) is 6.07 Å². The molecule has 0 aliphatic rings. The van der Waals surface area contributed by atoms with Crippen molar-refractivity contribution in [1.29, 1.82) is 0 Å². The summed E-state index contributed by atoms with van der Waals surface area (Å²) in [5, 5.41) is 12.7. The number of aliphatic carboxylic acids is 1. The number of carboxylic acid groups (broad SMARTS) is 1. The van der Waals surface area contributed by atoms with E-state index in [2.05, 4.69) is 5.10 Å². The van der Waals surface area contributed by atoms with E-state index in [1.807, 2.05) is 0 Å². The Balaban J connectivity index is 2.25. The number of hydrogen-bond donors (Lipinski definition) is 1. The fourth-order valence-corrected chi connectivity index (χ4v) is 1.96. The summed E-state index contributed by atoms with van der Waals surface area (Å²) in [6, 6.07) is 3.08. The van der Waals surface area contributed by atoms with Gasteiger partial charge in [0.25, 0.3) is 6.43 Å². The summed E-state index contributed by atoms with van der Waals surface area (Å²) in [5.41, 5.74) is 0.294. The molecule has 0 radical (unpaired) electrons. The molecule has 1 unspecified atom stereocenters. The second-order valence-electron chi connectivity index (χ2n) is 4.69. The molecule has 0 saturated carbocycles. The van der Waals surface area contributed by atoms with Crippen LogP contribution >= 0.6 is 0 Å². The van der Waals surface area contributed by atoms with Gasteiger partial charge < -0.3 is 5.11 Å². The lowest BCUT2D eigenvalue weighted by Gasteiger charge is -2.08. The number of halogens is 3. The average molecular weight is 298 g/mol. The average Bonchev–Trinajstić information content (AvgIpc) is 2.86. The molecule has 4 nitrogen and oxygen atoms in total. The number of benzene rings is 1. The first-order valence-electron chi connectivity index (χ1n) is 6.22. The van der Waals surface area contributed by atoms with E-state index in [0.29, 0.717) is 11.1 Å². The maximum atomic E-state index is 13.5. The van der Waals surface area contributed by atoms with Gasteiger partial charge in [0.05, 0.1) is 24.2 Å². The third-order valence-corrected chi connectivity index (χ3v) is 3.09. The fourth-order valence-electron chi connectivity index (χ4n) is 1.96. The Morgan fingerprint density at radius 1 is 1.38 bits per heavy atom. The van der Waals surface area contributed by atoms with Crippen LogP contribution in [0.3, 0.4) is 0 Å². The Morgan fingerprint density at radius 3 is 2.67 bits per heavy atom. The quantitative estimate of drug-likeness (QED) is 0.916. The number of alkyl halides is 2. The van der Waals surface area contributed by atoms with Gasteiger partial charge in [0.15, 0.2) is 0 Å². The maximum Gasteiger partial charge on any atom is 0.305 e. The second-order valence-corrected chi connectivity index (χ2v) is 4.69. The van der Waals surface area contributed by atoms with Crippen molar-refractivity contribution in [3.05, 3.63) is 42.0 Å². The van der Waals surface area contributed by atoms with Crippen LogP contribution in [-0.2, 0) is 4.79 Å². The number of hydrogen-bond acceptors (Lipinski definition) is 2. The minimum Gasteiger partial charge on any atom is -0.481 e. The Morgan fingerprint density at radius 2 is 2.10 bits per heavy atom. The van der Waals surface area contributed by atoms with Crippen LogP contribution in [0.1, 0.15) is 31.4 Å². The molecule has 0 spiro atoms. The van der Waals surface area contributed by atoms with Gasteiger partial charge in [-0.2, -0.15) is 5.10 Å². The molecule has 2 rings (SSSR count). The van der Waals surface area contributed by atoms with Crippen molar-refractivity contribution in [3.8, 4) is 11.1 Å². The van der Waals surface area contributed by atoms with E-state index in [0.717, 1.165) is 12.1 Å². The highest BCUT2D eigenvalue weighted by atomic mass is 19.3. The van der Waals surface area contributed by atoms with Gasteiger partial charge in [0.2, 0.25) is 0 Å². The SMILES string of the molecule is CC(CC(=O)O)n1cc(-c2ccc(C(F)F)c(F)c2)cn1. The molecule has 0 bridgehead atoms. The van der Waals surface area contributed by atoms with Crippen molar-refractivity contribution in [2.24, 2.45) is 0 Å². The monoisotopic (exact) mass is 298 g/mol. The fraction of sp³-hybridized carbons (Fsp3) is 0.286. The van der Waals surface area contributed by atoms with Crippen LogP contribution in [0.25, 0.3) is 11.1 Å². The highest BCUT2D eigenvalue weighted by molar-refractivity contribution is 5.67. The Kier molecular flexibility index (Phi) is 4.30. The first kappa shape index (κ1) is 15.1. The molecule has 1 aromatic carbocycles. The molecular formula is C14H13F3N2O2. The second kappa shape index (κ2) is 5.99. The highest BCUT2D eigenvalue weighted by Crippen LogP contribution is 2.27. The largest absolute Gasteiger partial charge is 0.481 e. The van der Waals surface area contributed by atoms with Crippen molar-refractivity contribution >= 4 is 5.97 Å². The molecule has 0 aliphatic carbocycles. The predicted molar refractivity (Wildman–Crippen MR) is 69.5 cm³/mol. The van der Waals surface area contributed by atoms with Crippen molar-refractivity contribution in [3.63, 3.8) is 0 Å². The lowest BCUT2D eigenvalue weighted by molar-refractivity contribution is -0.137. The standard InChI is InChI=1S/C14H13F3N2O2/c1-8(4-13(20)21)19-7-10(6-18-19)9-2-3-11(14(16)17)12(15)5-9/h2-3,5-8,14H,4H2,1H3,(H,20,21). The van der Waals surface area contributed by atoms with E-state index >= 15 is 0 Å². The minimum atomic E-state index is -2.86. The number of carbonyl (C=O) groups is 1. The topological polar surface area (TPSA) is 55.1 Å². The molecule has 1 N–H and O–H groups in total. The number of carboxylic acids is 1. The summed E-state index contributed by atoms with van der Waals surface area (Å²) >= 11 is 0. The maximum absolute atomic E-state index is 13.5. The predicted octanol–water partition coefficient (Wildman–Crippen LogP) is 3.66. The summed E-state index contributed by atoms with van der Waals surface area (Å²) in [6.45, 7) is 1.69. The van der Waals surface area contributed by atoms with E-state index in [-0.39, 0.29) is 12.5 Å². The summed E-state index contributed by atoms with van der Waals surface area (Å²) in [7, 11) is 0. The highest BCUT2D eigenvalue weighted by Gasteiger charge is 2.15. The van der Waals surface area contributed by atoms with Crippen molar-refractivity contribution < 1.29 is 23.1 Å². The van der Waals surface area contributed by atoms with E-state index in [9.17, 15) is 18.0 Å². The van der Waals surface area contributed by atoms with Crippen LogP contribution in [0.5, 0.6) is 0 Å². The Hall–Kier alpha value is -2.31. The van der Waals surface area contributed by atoms with Crippen LogP contribution < -0.4 is 0 Å². The van der Waals surface area contributed by atoms with Gasteiger partial charge in [-0.05, 0) is 24.6 Å². The van der Waals surface area contributed by atoms with Gasteiger partial charge in [0, 0.05) is 11.8 Å². The lowest BCUT2D eigenvalue weighted by atomic mass is 10.1. The van der Waals surface area contributed by atoms with E-state index in [1.165, 1.54) is 16.9 Å². The molecule has 1 heterocycles. The molecule has 1 atom stereocenters. The zero-order chi connectivity index (χ0) is 15.6. The van der Waals surface area contributed by atoms with Crippen LogP contribution in [0.4, 0.5) is 13.2 Å². The number of aromatic nitrogens is 2. The Bertz CT molecular complexity index is 655. The van der Waals surface area contributed by atoms with Gasteiger partial charge in [-0.25, -0.2) is 13.2 Å². The van der Waals surface area contributed by atoms with Crippen molar-refractivity contribution in [2.75, 3.05) is 0 Å². The summed E-state index contributed by atoms with van der Waals surface area (Å²) < 4.78 is 39.9. The molecule has 0 aliphatic heterocycles. The third kappa shape index (κ3) is 3.42.